The van der Waals surface area contributed by atoms with Gasteiger partial charge in [0.15, 0.2) is 0 Å². The topological polar surface area (TPSA) is 241 Å². The molecule has 2 amide bonds. The smallest absolute Gasteiger partial charge is 0.414 e. The number of carbonyl (C=O) groups is 2. The number of hydrogen-bond acceptors (Lipinski definition) is 13. The summed E-state index contributed by atoms with van der Waals surface area (Å²) in [5, 5.41) is 22.3. The van der Waals surface area contributed by atoms with Crippen LogP contribution in [-0.4, -0.2) is 58.4 Å². The van der Waals surface area contributed by atoms with Crippen LogP contribution < -0.4 is 21.7 Å². The molecule has 1 aliphatic rings. The molecule has 1 aliphatic heterocycles. The van der Waals surface area contributed by atoms with E-state index in [1.165, 1.54) is 25.0 Å². The Balaban J connectivity index is 0.000000337. The third-order valence-electron chi connectivity index (χ3n) is 7.13. The van der Waals surface area contributed by atoms with Gasteiger partial charge in [0.25, 0.3) is 0 Å². The highest BCUT2D eigenvalue weighted by atomic mass is 127. The predicted octanol–water partition coefficient (Wildman–Crippen LogP) is 10.0. The molecule has 56 heavy (non-hydrogen) atoms. The number of halogens is 5. The van der Waals surface area contributed by atoms with E-state index in [1.807, 2.05) is 48.5 Å². The normalized spacial score (nSPS) is 11.4. The number of ether oxygens (including phenoxy) is 3. The lowest BCUT2D eigenvalue weighted by atomic mass is 10.2. The Morgan fingerprint density at radius 1 is 0.768 bits per heavy atom. The molecular weight excluding hydrogens is 1020 g/mol. The maximum Gasteiger partial charge on any atom is 0.414 e. The van der Waals surface area contributed by atoms with E-state index in [2.05, 4.69) is 55.1 Å². The van der Waals surface area contributed by atoms with Gasteiger partial charge in [0.2, 0.25) is 11.0 Å². The summed E-state index contributed by atoms with van der Waals surface area (Å²) in [5.41, 5.74) is 5.99. The number of aromatic nitrogens is 2. The minimum atomic E-state index is -0.748. The van der Waals surface area contributed by atoms with Crippen LogP contribution in [0.3, 0.4) is 0 Å². The molecule has 1 fully saturated rings. The standard InChI is InChI=1S/C15H12Cl2IN3O4.C15H14ClIN4O4.C4H8O.H3N/c1-2-25-15(22)20(8-9-3-5-10(18)6-4-9)11-7-12(16)19-14(17)13(11)21(23)24;1-2-25-15(22)20(8-9-3-5-10(17)6-4-9)11-7-12(16)19-14(18)13(11)21(23)24;1-2-4-5-3-1;/h3-7H,2,8H2,1H3;3-7H,2,8H2,1H3,(H2,18,19);1-4H2;1H3. The van der Waals surface area contributed by atoms with Crippen LogP contribution in [0.1, 0.15) is 37.8 Å². The van der Waals surface area contributed by atoms with Gasteiger partial charge in [-0.05, 0) is 107 Å². The number of nitro groups is 2. The van der Waals surface area contributed by atoms with Gasteiger partial charge < -0.3 is 26.1 Å². The molecule has 0 atom stereocenters. The van der Waals surface area contributed by atoms with Crippen LogP contribution in [0.2, 0.25) is 15.5 Å². The highest BCUT2D eigenvalue weighted by molar-refractivity contribution is 14.1. The van der Waals surface area contributed by atoms with E-state index in [0.717, 1.165) is 41.3 Å². The van der Waals surface area contributed by atoms with Crippen LogP contribution in [0.4, 0.5) is 38.2 Å². The van der Waals surface area contributed by atoms with Gasteiger partial charge in [0.1, 0.15) is 21.7 Å². The lowest BCUT2D eigenvalue weighted by Crippen LogP contribution is -2.32. The predicted molar refractivity (Wildman–Crippen MR) is 231 cm³/mol. The van der Waals surface area contributed by atoms with E-state index in [-0.39, 0.29) is 60.0 Å². The van der Waals surface area contributed by atoms with Gasteiger partial charge >= 0.3 is 23.6 Å². The van der Waals surface area contributed by atoms with E-state index in [0.29, 0.717) is 0 Å². The zero-order valence-electron chi connectivity index (χ0n) is 30.0. The number of rotatable bonds is 10. The number of hydrogen-bond donors (Lipinski definition) is 2. The van der Waals surface area contributed by atoms with Crippen molar-refractivity contribution in [1.82, 2.24) is 16.1 Å². The summed E-state index contributed by atoms with van der Waals surface area (Å²) in [6, 6.07) is 17.1. The number of amides is 2. The molecule has 22 heteroatoms. The van der Waals surface area contributed by atoms with Crippen molar-refractivity contribution in [2.24, 2.45) is 0 Å². The molecule has 0 radical (unpaired) electrons. The largest absolute Gasteiger partial charge is 0.449 e. The Hall–Kier alpha value is -3.87. The average molecular weight is 1060 g/mol. The van der Waals surface area contributed by atoms with Crippen molar-refractivity contribution < 1.29 is 33.6 Å². The highest BCUT2D eigenvalue weighted by Crippen LogP contribution is 2.38. The quantitative estimate of drug-likeness (QED) is 0.0651. The molecule has 302 valence electrons. The first-order valence-corrected chi connectivity index (χ1v) is 19.5. The molecule has 3 heterocycles. The first-order chi connectivity index (χ1) is 26.2. The number of benzene rings is 2. The monoisotopic (exact) mass is 1060 g/mol. The van der Waals surface area contributed by atoms with Crippen molar-refractivity contribution in [1.29, 1.82) is 0 Å². The molecule has 5 rings (SSSR count). The Morgan fingerprint density at radius 3 is 1.52 bits per heavy atom. The van der Waals surface area contributed by atoms with Crippen LogP contribution in [0.5, 0.6) is 0 Å². The van der Waals surface area contributed by atoms with Crippen molar-refractivity contribution in [3.8, 4) is 0 Å². The van der Waals surface area contributed by atoms with Crippen LogP contribution in [0.25, 0.3) is 0 Å². The van der Waals surface area contributed by atoms with Crippen molar-refractivity contribution in [2.75, 3.05) is 42.0 Å². The summed E-state index contributed by atoms with van der Waals surface area (Å²) in [6.45, 7) is 5.61. The fraction of sp³-hybridized carbons (Fsp3) is 0.294. The van der Waals surface area contributed by atoms with Gasteiger partial charge in [-0.25, -0.2) is 19.6 Å². The first-order valence-electron chi connectivity index (χ1n) is 16.2. The molecule has 1 saturated heterocycles. The van der Waals surface area contributed by atoms with Crippen molar-refractivity contribution in [2.45, 2.75) is 39.8 Å². The number of nitrogens with two attached hydrogens (primary N) is 1. The molecule has 0 bridgehead atoms. The minimum Gasteiger partial charge on any atom is -0.449 e. The Labute approximate surface area is 364 Å². The molecule has 0 aliphatic carbocycles. The fourth-order valence-electron chi connectivity index (χ4n) is 4.70. The van der Waals surface area contributed by atoms with Gasteiger partial charge in [-0.15, -0.1) is 0 Å². The number of pyridine rings is 2. The summed E-state index contributed by atoms with van der Waals surface area (Å²) < 4.78 is 17.0. The second kappa shape index (κ2) is 24.0. The zero-order valence-corrected chi connectivity index (χ0v) is 36.5. The number of nitrogen functional groups attached to an aromatic ring is 1. The van der Waals surface area contributed by atoms with E-state index >= 15 is 0 Å². The average Bonchev–Trinajstić information content (AvgIpc) is 3.71. The minimum absolute atomic E-state index is 0. The van der Waals surface area contributed by atoms with Crippen molar-refractivity contribution in [3.05, 3.63) is 115 Å². The summed E-state index contributed by atoms with van der Waals surface area (Å²) in [4.78, 5) is 55.7. The maximum atomic E-state index is 12.4. The number of anilines is 3. The number of nitrogens with zero attached hydrogens (tertiary/aromatic N) is 6. The summed E-state index contributed by atoms with van der Waals surface area (Å²) in [5.74, 6) is -0.371. The summed E-state index contributed by atoms with van der Waals surface area (Å²) in [7, 11) is 0. The van der Waals surface area contributed by atoms with Gasteiger partial charge in [-0.1, -0.05) is 59.1 Å². The summed E-state index contributed by atoms with van der Waals surface area (Å²) in [6.07, 6.45) is 1.06. The summed E-state index contributed by atoms with van der Waals surface area (Å²) >= 11 is 21.9. The van der Waals surface area contributed by atoms with Crippen LogP contribution >= 0.6 is 80.0 Å². The molecule has 2 aromatic carbocycles. The van der Waals surface area contributed by atoms with E-state index < -0.39 is 38.6 Å². The van der Waals surface area contributed by atoms with Crippen LogP contribution in [-0.2, 0) is 27.3 Å². The van der Waals surface area contributed by atoms with Crippen LogP contribution in [0.15, 0.2) is 60.7 Å². The van der Waals surface area contributed by atoms with Gasteiger partial charge in [-0.3, -0.25) is 30.0 Å². The second-order valence-corrected chi connectivity index (χ2v) is 14.6. The van der Waals surface area contributed by atoms with Gasteiger partial charge in [0.05, 0.1) is 36.1 Å². The Morgan fingerprint density at radius 2 is 1.16 bits per heavy atom. The second-order valence-electron chi connectivity index (χ2n) is 11.0. The molecule has 2 aromatic heterocycles. The van der Waals surface area contributed by atoms with E-state index in [4.69, 9.17) is 54.7 Å². The molecule has 4 aromatic rings. The molecule has 0 saturated carbocycles. The highest BCUT2D eigenvalue weighted by Gasteiger charge is 2.31. The van der Waals surface area contributed by atoms with Gasteiger partial charge in [-0.2, -0.15) is 0 Å². The van der Waals surface area contributed by atoms with Crippen molar-refractivity contribution >= 4 is 121 Å². The maximum absolute atomic E-state index is 12.4. The SMILES string of the molecule is C1CCOC1.CCOC(=O)N(Cc1ccc(I)cc1)c1cc(Cl)nc(Cl)c1[N+](=O)[O-].CCOC(=O)N(Cc1ccc(I)cc1)c1cc(Cl)nc(N)c1[N+](=O)[O-].N. The first kappa shape index (κ1) is 48.3. The van der Waals surface area contributed by atoms with Crippen molar-refractivity contribution in [3.63, 3.8) is 0 Å². The van der Waals surface area contributed by atoms with E-state index in [9.17, 15) is 29.8 Å². The lowest BCUT2D eigenvalue weighted by Gasteiger charge is -2.22. The Bertz CT molecular complexity index is 1820. The molecule has 17 nitrogen and oxygen atoms in total. The number of carbonyl (C=O) groups excluding carboxylic acids is 2. The lowest BCUT2D eigenvalue weighted by molar-refractivity contribution is -0.384. The molecular formula is C34H37Cl3I2N8O9. The molecule has 0 spiro atoms. The van der Waals surface area contributed by atoms with Crippen LogP contribution in [0, 0.1) is 27.4 Å². The third kappa shape index (κ3) is 14.6. The Kier molecular flexibility index (Phi) is 20.7. The van der Waals surface area contributed by atoms with Gasteiger partial charge in [0, 0.05) is 32.5 Å². The van der Waals surface area contributed by atoms with E-state index in [1.54, 1.807) is 13.8 Å². The fourth-order valence-corrected chi connectivity index (χ4v) is 6.10. The molecule has 5 N–H and O–H groups in total. The zero-order chi connectivity index (χ0) is 40.7. The molecule has 0 unspecified atom stereocenters. The third-order valence-corrected chi connectivity index (χ3v) is 9.21.